The molecule has 0 aliphatic carbocycles. The monoisotopic (exact) mass is 145 g/mol. The maximum absolute atomic E-state index is 4.17. The number of nitrogens with one attached hydrogen (secondary N) is 1. The normalized spacial score (nSPS) is 10.6. The molecule has 0 fully saturated rings. The van der Waals surface area contributed by atoms with Crippen LogP contribution in [0.25, 0.3) is 10.9 Å². The van der Waals surface area contributed by atoms with Gasteiger partial charge in [0.05, 0.1) is 11.2 Å². The lowest BCUT2D eigenvalue weighted by molar-refractivity contribution is 0.988. The third-order valence-electron chi connectivity index (χ3n) is 1.82. The summed E-state index contributed by atoms with van der Waals surface area (Å²) < 4.78 is 0. The Morgan fingerprint density at radius 1 is 1.64 bits per heavy atom. The molecule has 0 aliphatic rings. The van der Waals surface area contributed by atoms with Crippen molar-refractivity contribution in [2.75, 3.05) is 0 Å². The molecular formula is C9H9N2. The molecule has 55 valence electrons. The number of hydrogen-bond donors (Lipinski definition) is 1. The maximum atomic E-state index is 4.17. The third-order valence-corrected chi connectivity index (χ3v) is 1.82. The van der Waals surface area contributed by atoms with Crippen LogP contribution in [0, 0.1) is 6.07 Å². The number of aromatic nitrogens is 2. The van der Waals surface area contributed by atoms with Crippen molar-refractivity contribution in [3.63, 3.8) is 0 Å². The molecule has 2 heteroatoms. The molecule has 0 atom stereocenters. The van der Waals surface area contributed by atoms with E-state index >= 15 is 0 Å². The van der Waals surface area contributed by atoms with Crippen molar-refractivity contribution < 1.29 is 0 Å². The van der Waals surface area contributed by atoms with Gasteiger partial charge in [0.2, 0.25) is 0 Å². The highest BCUT2D eigenvalue weighted by Crippen LogP contribution is 2.14. The SMILES string of the molecule is CCc1n[nH]c2cc[c]cc12. The molecular weight excluding hydrogens is 136 g/mol. The molecule has 0 aliphatic heterocycles. The summed E-state index contributed by atoms with van der Waals surface area (Å²) in [6.07, 6.45) is 0.970. The number of benzene rings is 1. The minimum absolute atomic E-state index is 0.970. The second-order valence-corrected chi connectivity index (χ2v) is 2.50. The van der Waals surface area contributed by atoms with Gasteiger partial charge in [-0.3, -0.25) is 5.10 Å². The second kappa shape index (κ2) is 2.38. The first kappa shape index (κ1) is 6.40. The summed E-state index contributed by atoms with van der Waals surface area (Å²) in [6.45, 7) is 2.10. The summed E-state index contributed by atoms with van der Waals surface area (Å²) in [4.78, 5) is 0. The van der Waals surface area contributed by atoms with Gasteiger partial charge in [-0.25, -0.2) is 0 Å². The average Bonchev–Trinajstić information content (AvgIpc) is 2.47. The minimum atomic E-state index is 0.970. The van der Waals surface area contributed by atoms with Gasteiger partial charge in [0.1, 0.15) is 0 Å². The average molecular weight is 145 g/mol. The first-order valence-electron chi connectivity index (χ1n) is 3.75. The van der Waals surface area contributed by atoms with E-state index in [4.69, 9.17) is 0 Å². The zero-order chi connectivity index (χ0) is 7.68. The van der Waals surface area contributed by atoms with Crippen LogP contribution in [0.4, 0.5) is 0 Å². The highest BCUT2D eigenvalue weighted by molar-refractivity contribution is 5.80. The van der Waals surface area contributed by atoms with Crippen LogP contribution in [0.3, 0.4) is 0 Å². The fraction of sp³-hybridized carbons (Fsp3) is 0.222. The number of fused-ring (bicyclic) bond motifs is 1. The van der Waals surface area contributed by atoms with Crippen LogP contribution in [-0.4, -0.2) is 10.2 Å². The lowest BCUT2D eigenvalue weighted by Gasteiger charge is -1.87. The molecule has 0 unspecified atom stereocenters. The molecule has 0 saturated heterocycles. The lowest BCUT2D eigenvalue weighted by atomic mass is 10.2. The number of rotatable bonds is 1. The molecule has 1 radical (unpaired) electrons. The smallest absolute Gasteiger partial charge is 0.0698 e. The highest BCUT2D eigenvalue weighted by Gasteiger charge is 2.00. The molecule has 11 heavy (non-hydrogen) atoms. The Morgan fingerprint density at radius 2 is 2.55 bits per heavy atom. The van der Waals surface area contributed by atoms with E-state index in [1.807, 2.05) is 18.2 Å². The Balaban J connectivity index is 2.76. The van der Waals surface area contributed by atoms with Gasteiger partial charge in [0, 0.05) is 5.39 Å². The molecule has 1 heterocycles. The summed E-state index contributed by atoms with van der Waals surface area (Å²) in [5.41, 5.74) is 2.22. The second-order valence-electron chi connectivity index (χ2n) is 2.50. The van der Waals surface area contributed by atoms with Crippen LogP contribution in [-0.2, 0) is 6.42 Å². The van der Waals surface area contributed by atoms with Crippen molar-refractivity contribution in [2.45, 2.75) is 13.3 Å². The van der Waals surface area contributed by atoms with Crippen molar-refractivity contribution in [3.05, 3.63) is 30.0 Å². The lowest BCUT2D eigenvalue weighted by Crippen LogP contribution is -1.78. The molecule has 1 aromatic heterocycles. The molecule has 0 saturated carbocycles. The van der Waals surface area contributed by atoms with Crippen molar-refractivity contribution in [1.82, 2.24) is 10.2 Å². The van der Waals surface area contributed by atoms with E-state index in [2.05, 4.69) is 23.2 Å². The summed E-state index contributed by atoms with van der Waals surface area (Å²) >= 11 is 0. The van der Waals surface area contributed by atoms with E-state index < -0.39 is 0 Å². The fourth-order valence-corrected chi connectivity index (χ4v) is 1.22. The van der Waals surface area contributed by atoms with Gasteiger partial charge in [-0.05, 0) is 24.6 Å². The van der Waals surface area contributed by atoms with E-state index in [0.29, 0.717) is 0 Å². The van der Waals surface area contributed by atoms with E-state index in [9.17, 15) is 0 Å². The summed E-state index contributed by atoms with van der Waals surface area (Å²) in [7, 11) is 0. The predicted octanol–water partition coefficient (Wildman–Crippen LogP) is 1.93. The van der Waals surface area contributed by atoms with Gasteiger partial charge in [0.25, 0.3) is 0 Å². The van der Waals surface area contributed by atoms with Gasteiger partial charge in [-0.1, -0.05) is 13.0 Å². The van der Waals surface area contributed by atoms with Crippen molar-refractivity contribution in [1.29, 1.82) is 0 Å². The van der Waals surface area contributed by atoms with Gasteiger partial charge in [-0.2, -0.15) is 5.10 Å². The highest BCUT2D eigenvalue weighted by atomic mass is 15.1. The number of nitrogens with zero attached hydrogens (tertiary/aromatic N) is 1. The third kappa shape index (κ3) is 0.909. The van der Waals surface area contributed by atoms with Crippen LogP contribution in [0.1, 0.15) is 12.6 Å². The summed E-state index contributed by atoms with van der Waals surface area (Å²) in [6, 6.07) is 8.88. The Kier molecular flexibility index (Phi) is 1.39. The van der Waals surface area contributed by atoms with E-state index in [-0.39, 0.29) is 0 Å². The zero-order valence-corrected chi connectivity index (χ0v) is 6.39. The molecule has 0 amide bonds. The molecule has 1 aromatic carbocycles. The van der Waals surface area contributed by atoms with E-state index in [1.54, 1.807) is 0 Å². The Hall–Kier alpha value is -1.31. The number of aryl methyl sites for hydroxylation is 1. The fourth-order valence-electron chi connectivity index (χ4n) is 1.22. The van der Waals surface area contributed by atoms with Crippen LogP contribution in [0.15, 0.2) is 18.2 Å². The Bertz CT molecular complexity index is 362. The Morgan fingerprint density at radius 3 is 3.36 bits per heavy atom. The number of H-pyrrole nitrogens is 1. The number of hydrogen-bond acceptors (Lipinski definition) is 1. The Labute approximate surface area is 65.2 Å². The largest absolute Gasteiger partial charge is 0.278 e. The standard InChI is InChI=1S/C9H9N2/c1-2-8-7-5-3-4-6-9(7)11-10-8/h4-6H,2H2,1H3,(H,10,11). The van der Waals surface area contributed by atoms with Crippen molar-refractivity contribution >= 4 is 10.9 Å². The first-order valence-corrected chi connectivity index (χ1v) is 3.75. The molecule has 0 spiro atoms. The quantitative estimate of drug-likeness (QED) is 0.652. The molecule has 2 aromatic rings. The van der Waals surface area contributed by atoms with E-state index in [1.165, 1.54) is 5.39 Å². The van der Waals surface area contributed by atoms with Crippen molar-refractivity contribution in [2.24, 2.45) is 0 Å². The van der Waals surface area contributed by atoms with Crippen LogP contribution >= 0.6 is 0 Å². The molecule has 0 bridgehead atoms. The van der Waals surface area contributed by atoms with Crippen LogP contribution in [0.2, 0.25) is 0 Å². The van der Waals surface area contributed by atoms with Crippen LogP contribution < -0.4 is 0 Å². The van der Waals surface area contributed by atoms with E-state index in [0.717, 1.165) is 17.6 Å². The van der Waals surface area contributed by atoms with Gasteiger partial charge >= 0.3 is 0 Å². The topological polar surface area (TPSA) is 28.7 Å². The molecule has 2 rings (SSSR count). The molecule has 1 N–H and O–H groups in total. The van der Waals surface area contributed by atoms with Gasteiger partial charge in [-0.15, -0.1) is 0 Å². The molecule has 2 nitrogen and oxygen atoms in total. The van der Waals surface area contributed by atoms with Gasteiger partial charge < -0.3 is 0 Å². The first-order chi connectivity index (χ1) is 5.42. The number of aromatic amines is 1. The maximum Gasteiger partial charge on any atom is 0.0698 e. The minimum Gasteiger partial charge on any atom is -0.278 e. The summed E-state index contributed by atoms with van der Waals surface area (Å²) in [5, 5.41) is 8.33. The van der Waals surface area contributed by atoms with Gasteiger partial charge in [0.15, 0.2) is 0 Å². The zero-order valence-electron chi connectivity index (χ0n) is 6.39. The van der Waals surface area contributed by atoms with Crippen molar-refractivity contribution in [3.8, 4) is 0 Å². The summed E-state index contributed by atoms with van der Waals surface area (Å²) in [5.74, 6) is 0. The predicted molar refractivity (Wildman–Crippen MR) is 44.3 cm³/mol. The van der Waals surface area contributed by atoms with Crippen LogP contribution in [0.5, 0.6) is 0 Å².